The van der Waals surface area contributed by atoms with Crippen molar-refractivity contribution in [2.24, 2.45) is 12.1 Å². The first-order chi connectivity index (χ1) is 8.52. The van der Waals surface area contributed by atoms with Crippen molar-refractivity contribution in [3.8, 4) is 0 Å². The van der Waals surface area contributed by atoms with Gasteiger partial charge in [-0.3, -0.25) is 0 Å². The number of esters is 1. The zero-order valence-corrected chi connectivity index (χ0v) is 10.8. The molecule has 6 nitrogen and oxygen atoms in total. The zero-order chi connectivity index (χ0) is 13.3. The quantitative estimate of drug-likeness (QED) is 0.469. The van der Waals surface area contributed by atoms with Crippen LogP contribution in [-0.2, 0) is 11.8 Å². The van der Waals surface area contributed by atoms with Crippen LogP contribution in [-0.4, -0.2) is 43.0 Å². The highest BCUT2D eigenvalue weighted by molar-refractivity contribution is 5.95. The van der Waals surface area contributed by atoms with Crippen LogP contribution in [0.4, 0.5) is 0 Å². The lowest BCUT2D eigenvalue weighted by Gasteiger charge is -2.01. The van der Waals surface area contributed by atoms with E-state index in [2.05, 4.69) is 5.10 Å². The Kier molecular flexibility index (Phi) is 3.10. The normalized spacial score (nSPS) is 11.3. The number of aryl methyl sites for hydroxylation is 1. The summed E-state index contributed by atoms with van der Waals surface area (Å²) in [6.07, 6.45) is 1.62. The van der Waals surface area contributed by atoms with Crippen LogP contribution in [0, 0.1) is 0 Å². The fraction of sp³-hybridized carbons (Fsp3) is 0.333. The van der Waals surface area contributed by atoms with E-state index in [4.69, 9.17) is 9.15 Å². The van der Waals surface area contributed by atoms with Crippen LogP contribution in [0.25, 0.3) is 11.1 Å². The highest BCUT2D eigenvalue weighted by Crippen LogP contribution is 2.22. The number of fused-ring (bicyclic) bond motifs is 1. The van der Waals surface area contributed by atoms with Crippen molar-refractivity contribution < 1.29 is 13.9 Å². The van der Waals surface area contributed by atoms with Gasteiger partial charge in [-0.05, 0) is 12.1 Å². The molecule has 6 heteroatoms. The number of hydrogen-bond acceptors (Lipinski definition) is 5. The third-order valence-electron chi connectivity index (χ3n) is 2.53. The zero-order valence-electron chi connectivity index (χ0n) is 10.8. The van der Waals surface area contributed by atoms with Crippen LogP contribution in [0.5, 0.6) is 0 Å². The van der Waals surface area contributed by atoms with E-state index in [1.54, 1.807) is 28.9 Å². The Labute approximate surface area is 104 Å². The molecule has 0 atom stereocenters. The van der Waals surface area contributed by atoms with Crippen LogP contribution < -0.4 is 0 Å². The number of aromatic nitrogens is 1. The number of carbonyl (C=O) groups excluding carboxylic acids is 1. The Morgan fingerprint density at radius 1 is 1.50 bits per heavy atom. The molecule has 0 amide bonds. The van der Waals surface area contributed by atoms with E-state index in [1.807, 2.05) is 20.2 Å². The molecular formula is C12H15N3O3. The number of methoxy groups -OCH3 is 1. The van der Waals surface area contributed by atoms with E-state index in [1.165, 1.54) is 7.11 Å². The number of ether oxygens (including phenoxy) is 1. The first-order valence-corrected chi connectivity index (χ1v) is 5.42. The fourth-order valence-electron chi connectivity index (χ4n) is 1.67. The summed E-state index contributed by atoms with van der Waals surface area (Å²) in [6.45, 7) is 0. The smallest absolute Gasteiger partial charge is 0.354 e. The molecular weight excluding hydrogens is 234 g/mol. The summed E-state index contributed by atoms with van der Waals surface area (Å²) in [5.74, 6) is 0.258. The molecule has 0 aliphatic carbocycles. The summed E-state index contributed by atoms with van der Waals surface area (Å²) in [6, 6.07) is 3.56. The lowest BCUT2D eigenvalue weighted by atomic mass is 10.3. The minimum absolute atomic E-state index is 0.382. The van der Waals surface area contributed by atoms with Crippen LogP contribution in [0.3, 0.4) is 0 Å². The van der Waals surface area contributed by atoms with Gasteiger partial charge in [-0.15, -0.1) is 0 Å². The minimum Gasteiger partial charge on any atom is -0.464 e. The summed E-state index contributed by atoms with van der Waals surface area (Å²) in [4.78, 5) is 11.5. The van der Waals surface area contributed by atoms with Crippen LogP contribution >= 0.6 is 0 Å². The van der Waals surface area contributed by atoms with Crippen molar-refractivity contribution in [2.75, 3.05) is 21.2 Å². The maximum Gasteiger partial charge on any atom is 0.354 e. The predicted molar refractivity (Wildman–Crippen MR) is 67.8 cm³/mol. The second-order valence-electron chi connectivity index (χ2n) is 4.08. The monoisotopic (exact) mass is 249 g/mol. The van der Waals surface area contributed by atoms with E-state index in [0.717, 1.165) is 5.39 Å². The third-order valence-corrected chi connectivity index (χ3v) is 2.53. The number of hydrogen-bond donors (Lipinski definition) is 0. The standard InChI is InChI=1S/C12H15N3O3/c1-14(2)13-7-9-5-8-6-10(12(16)17-4)15(3)11(8)18-9/h5-7H,1-4H3/b13-7-. The van der Waals surface area contributed by atoms with Crippen molar-refractivity contribution in [3.63, 3.8) is 0 Å². The molecule has 2 aromatic heterocycles. The SMILES string of the molecule is COC(=O)c1cc2cc(/C=N\N(C)C)oc2n1C. The van der Waals surface area contributed by atoms with Crippen molar-refractivity contribution >= 4 is 23.3 Å². The van der Waals surface area contributed by atoms with Crippen molar-refractivity contribution in [2.45, 2.75) is 0 Å². The summed E-state index contributed by atoms with van der Waals surface area (Å²) >= 11 is 0. The van der Waals surface area contributed by atoms with Crippen molar-refractivity contribution in [1.29, 1.82) is 0 Å². The number of carbonyl (C=O) groups is 1. The summed E-state index contributed by atoms with van der Waals surface area (Å²) < 4.78 is 12.0. The van der Waals surface area contributed by atoms with Gasteiger partial charge in [0.1, 0.15) is 11.5 Å². The van der Waals surface area contributed by atoms with Crippen LogP contribution in [0.15, 0.2) is 21.7 Å². The van der Waals surface area contributed by atoms with E-state index >= 15 is 0 Å². The topological polar surface area (TPSA) is 60.0 Å². The van der Waals surface area contributed by atoms with Crippen LogP contribution in [0.2, 0.25) is 0 Å². The average Bonchev–Trinajstić information content (AvgIpc) is 2.86. The average molecular weight is 249 g/mol. The third kappa shape index (κ3) is 2.09. The fourth-order valence-corrected chi connectivity index (χ4v) is 1.67. The minimum atomic E-state index is -0.382. The second kappa shape index (κ2) is 4.56. The molecule has 0 saturated carbocycles. The van der Waals surface area contributed by atoms with Crippen molar-refractivity contribution in [3.05, 3.63) is 23.6 Å². The Balaban J connectivity index is 2.40. The Bertz CT molecular complexity index is 607. The lowest BCUT2D eigenvalue weighted by Crippen LogP contribution is -2.07. The number of nitrogens with zero attached hydrogens (tertiary/aromatic N) is 3. The largest absolute Gasteiger partial charge is 0.464 e. The predicted octanol–water partition coefficient (Wildman–Crippen LogP) is 1.45. The van der Waals surface area contributed by atoms with Crippen LogP contribution in [0.1, 0.15) is 16.2 Å². The van der Waals surface area contributed by atoms with E-state index in [-0.39, 0.29) is 5.97 Å². The Morgan fingerprint density at radius 2 is 2.22 bits per heavy atom. The molecule has 0 bridgehead atoms. The molecule has 96 valence electrons. The van der Waals surface area contributed by atoms with E-state index in [9.17, 15) is 4.79 Å². The van der Waals surface area contributed by atoms with E-state index in [0.29, 0.717) is 17.2 Å². The maximum atomic E-state index is 11.5. The molecule has 0 N–H and O–H groups in total. The second-order valence-corrected chi connectivity index (χ2v) is 4.08. The van der Waals surface area contributed by atoms with Gasteiger partial charge in [-0.1, -0.05) is 0 Å². The Hall–Kier alpha value is -2.24. The van der Waals surface area contributed by atoms with Gasteiger partial charge < -0.3 is 18.7 Å². The molecule has 0 aliphatic rings. The molecule has 0 aliphatic heterocycles. The first kappa shape index (κ1) is 12.2. The highest BCUT2D eigenvalue weighted by atomic mass is 16.5. The number of hydrazone groups is 1. The van der Waals surface area contributed by atoms with Gasteiger partial charge in [-0.25, -0.2) is 4.79 Å². The number of furan rings is 1. The number of rotatable bonds is 3. The summed E-state index contributed by atoms with van der Waals surface area (Å²) in [7, 11) is 6.76. The maximum absolute atomic E-state index is 11.5. The van der Waals surface area contributed by atoms with Gasteiger partial charge >= 0.3 is 5.97 Å². The molecule has 0 aromatic carbocycles. The molecule has 0 saturated heterocycles. The van der Waals surface area contributed by atoms with Crippen molar-refractivity contribution in [1.82, 2.24) is 9.58 Å². The van der Waals surface area contributed by atoms with Gasteiger partial charge in [0.2, 0.25) is 5.71 Å². The molecule has 18 heavy (non-hydrogen) atoms. The molecule has 2 rings (SSSR count). The Morgan fingerprint density at radius 3 is 2.78 bits per heavy atom. The van der Waals surface area contributed by atoms with Gasteiger partial charge in [0, 0.05) is 26.5 Å². The van der Waals surface area contributed by atoms with Gasteiger partial charge in [0.05, 0.1) is 13.3 Å². The molecule has 2 aromatic rings. The first-order valence-electron chi connectivity index (χ1n) is 5.42. The van der Waals surface area contributed by atoms with E-state index < -0.39 is 0 Å². The van der Waals surface area contributed by atoms with Gasteiger partial charge in [0.15, 0.2) is 0 Å². The highest BCUT2D eigenvalue weighted by Gasteiger charge is 2.16. The molecule has 0 unspecified atom stereocenters. The summed E-state index contributed by atoms with van der Waals surface area (Å²) in [5.41, 5.74) is 1.08. The van der Waals surface area contributed by atoms with Gasteiger partial charge in [0.25, 0.3) is 0 Å². The molecule has 2 heterocycles. The lowest BCUT2D eigenvalue weighted by molar-refractivity contribution is 0.0590. The summed E-state index contributed by atoms with van der Waals surface area (Å²) in [5, 5.41) is 6.61. The van der Waals surface area contributed by atoms with Gasteiger partial charge in [-0.2, -0.15) is 5.10 Å². The molecule has 0 radical (unpaired) electrons. The molecule has 0 fully saturated rings. The molecule has 0 spiro atoms.